The normalized spacial score (nSPS) is 16.0. The quantitative estimate of drug-likeness (QED) is 0.190. The maximum atomic E-state index is 2.43. The molecule has 0 spiro atoms. The van der Waals surface area contributed by atoms with E-state index in [1.54, 1.807) is 0 Å². The van der Waals surface area contributed by atoms with Crippen molar-refractivity contribution in [2.24, 2.45) is 5.92 Å². The van der Waals surface area contributed by atoms with Crippen LogP contribution in [-0.2, 0) is 5.41 Å². The van der Waals surface area contributed by atoms with E-state index in [4.69, 9.17) is 0 Å². The Hall–Kier alpha value is -5.40. The molecule has 1 heteroatoms. The molecule has 0 saturated carbocycles. The monoisotopic (exact) mass is 577 g/mol. The number of fused-ring (bicyclic) bond motifs is 3. The molecule has 45 heavy (non-hydrogen) atoms. The lowest BCUT2D eigenvalue weighted by atomic mass is 9.68. The van der Waals surface area contributed by atoms with Crippen molar-refractivity contribution >= 4 is 11.4 Å². The Balaban J connectivity index is 1.27. The van der Waals surface area contributed by atoms with Crippen molar-refractivity contribution in [3.8, 4) is 22.3 Å². The van der Waals surface area contributed by atoms with Crippen LogP contribution in [-0.4, -0.2) is 0 Å². The van der Waals surface area contributed by atoms with Gasteiger partial charge in [-0.3, -0.25) is 0 Å². The average Bonchev–Trinajstić information content (AvgIpc) is 3.41. The number of benzene rings is 6. The molecule has 1 unspecified atom stereocenters. The fourth-order valence-corrected chi connectivity index (χ4v) is 7.47. The third kappa shape index (κ3) is 4.55. The van der Waals surface area contributed by atoms with Crippen molar-refractivity contribution in [1.82, 2.24) is 0 Å². The van der Waals surface area contributed by atoms with Crippen molar-refractivity contribution in [1.29, 1.82) is 0 Å². The first kappa shape index (κ1) is 27.2. The summed E-state index contributed by atoms with van der Waals surface area (Å²) >= 11 is 0. The third-order valence-corrected chi connectivity index (χ3v) is 9.50. The molecule has 0 fully saturated rings. The summed E-state index contributed by atoms with van der Waals surface area (Å²) in [5.74, 6) is 0.489. The van der Waals surface area contributed by atoms with Gasteiger partial charge in [0.25, 0.3) is 0 Å². The van der Waals surface area contributed by atoms with Gasteiger partial charge < -0.3 is 4.90 Å². The zero-order valence-electron chi connectivity index (χ0n) is 25.5. The zero-order valence-corrected chi connectivity index (χ0v) is 25.5. The van der Waals surface area contributed by atoms with Gasteiger partial charge in [-0.05, 0) is 87.2 Å². The van der Waals surface area contributed by atoms with E-state index in [2.05, 4.69) is 188 Å². The molecule has 0 N–H and O–H groups in total. The van der Waals surface area contributed by atoms with E-state index in [-0.39, 0.29) is 0 Å². The molecule has 2 aliphatic rings. The molecule has 0 saturated heterocycles. The highest BCUT2D eigenvalue weighted by molar-refractivity contribution is 5.86. The van der Waals surface area contributed by atoms with Gasteiger partial charge in [0.1, 0.15) is 0 Å². The first-order valence-electron chi connectivity index (χ1n) is 15.9. The summed E-state index contributed by atoms with van der Waals surface area (Å²) in [6.45, 7) is 2.29. The molecule has 1 atom stereocenters. The topological polar surface area (TPSA) is 3.24 Å². The largest absolute Gasteiger partial charge is 0.314 e. The Kier molecular flexibility index (Phi) is 6.80. The average molecular weight is 578 g/mol. The van der Waals surface area contributed by atoms with Crippen molar-refractivity contribution in [2.45, 2.75) is 18.8 Å². The van der Waals surface area contributed by atoms with Gasteiger partial charge in [0.05, 0.1) is 5.41 Å². The molecule has 1 nitrogen and oxygen atoms in total. The summed E-state index contributed by atoms with van der Waals surface area (Å²) in [7, 11) is 0. The van der Waals surface area contributed by atoms with E-state index in [0.29, 0.717) is 5.92 Å². The van der Waals surface area contributed by atoms with Crippen molar-refractivity contribution in [3.63, 3.8) is 0 Å². The van der Waals surface area contributed by atoms with E-state index in [1.807, 2.05) is 0 Å². The van der Waals surface area contributed by atoms with Crippen molar-refractivity contribution < 1.29 is 0 Å². The van der Waals surface area contributed by atoms with Crippen LogP contribution in [0.5, 0.6) is 0 Å². The minimum absolute atomic E-state index is 0.392. The zero-order chi connectivity index (χ0) is 30.2. The van der Waals surface area contributed by atoms with Crippen LogP contribution in [0.4, 0.5) is 11.4 Å². The molecule has 0 aliphatic heterocycles. The fraction of sp³-hybridized carbons (Fsp3) is 0.0909. The third-order valence-electron chi connectivity index (χ3n) is 9.50. The van der Waals surface area contributed by atoms with Crippen molar-refractivity contribution in [3.05, 3.63) is 204 Å². The minimum atomic E-state index is -0.392. The van der Waals surface area contributed by atoms with Crippen LogP contribution in [0.15, 0.2) is 182 Å². The van der Waals surface area contributed by atoms with Gasteiger partial charge in [-0.25, -0.2) is 0 Å². The number of hydrogen-bond donors (Lipinski definition) is 0. The molecular formula is C44H35N. The van der Waals surface area contributed by atoms with Crippen LogP contribution < -0.4 is 4.90 Å². The second-order valence-electron chi connectivity index (χ2n) is 12.2. The van der Waals surface area contributed by atoms with Gasteiger partial charge in [0.15, 0.2) is 0 Å². The Morgan fingerprint density at radius 3 is 1.60 bits per heavy atom. The molecule has 6 aromatic carbocycles. The molecule has 0 amide bonds. The van der Waals surface area contributed by atoms with E-state index in [9.17, 15) is 0 Å². The van der Waals surface area contributed by atoms with Gasteiger partial charge in [0, 0.05) is 17.1 Å². The summed E-state index contributed by atoms with van der Waals surface area (Å²) < 4.78 is 0. The highest BCUT2D eigenvalue weighted by atomic mass is 15.1. The van der Waals surface area contributed by atoms with Gasteiger partial charge in [-0.2, -0.15) is 0 Å². The van der Waals surface area contributed by atoms with Crippen molar-refractivity contribution in [2.75, 3.05) is 4.90 Å². The van der Waals surface area contributed by atoms with E-state index in [0.717, 1.165) is 6.42 Å². The fourth-order valence-electron chi connectivity index (χ4n) is 7.47. The van der Waals surface area contributed by atoms with Crippen LogP contribution in [0.3, 0.4) is 0 Å². The van der Waals surface area contributed by atoms with Crippen LogP contribution in [0, 0.1) is 5.92 Å². The standard InChI is InChI=1S/C44H35N/c1-32-13-12-18-39(31-32)45(37-27-23-34(24-28-37)33-14-4-2-5-15-33)38-29-25-36(26-30-38)44(35-16-6-3-7-17-35)42-21-10-8-19-40(42)41-20-9-11-22-43(41)44/h2-30,32H,31H2,1H3. The number of allylic oxidation sites excluding steroid dienone is 4. The smallest absolute Gasteiger partial charge is 0.0713 e. The summed E-state index contributed by atoms with van der Waals surface area (Å²) in [5, 5.41) is 0. The maximum absolute atomic E-state index is 2.43. The number of rotatable bonds is 6. The Bertz CT molecular complexity index is 1970. The highest BCUT2D eigenvalue weighted by Crippen LogP contribution is 2.56. The van der Waals surface area contributed by atoms with Gasteiger partial charge in [0.2, 0.25) is 0 Å². The van der Waals surface area contributed by atoms with Gasteiger partial charge in [-0.15, -0.1) is 0 Å². The maximum Gasteiger partial charge on any atom is 0.0713 e. The van der Waals surface area contributed by atoms with E-state index < -0.39 is 5.41 Å². The lowest BCUT2D eigenvalue weighted by Crippen LogP contribution is -2.28. The highest BCUT2D eigenvalue weighted by Gasteiger charge is 2.45. The van der Waals surface area contributed by atoms with Crippen LogP contribution in [0.25, 0.3) is 22.3 Å². The molecule has 216 valence electrons. The molecule has 0 bridgehead atoms. The lowest BCUT2D eigenvalue weighted by molar-refractivity contribution is 0.696. The van der Waals surface area contributed by atoms with Crippen LogP contribution in [0.2, 0.25) is 0 Å². The van der Waals surface area contributed by atoms with Gasteiger partial charge >= 0.3 is 0 Å². The Labute approximate surface area is 266 Å². The van der Waals surface area contributed by atoms with Crippen LogP contribution >= 0.6 is 0 Å². The lowest BCUT2D eigenvalue weighted by Gasteiger charge is -2.35. The number of anilines is 2. The molecular weight excluding hydrogens is 542 g/mol. The van der Waals surface area contributed by atoms with E-state index in [1.165, 1.54) is 61.6 Å². The summed E-state index contributed by atoms with van der Waals surface area (Å²) in [6, 6.07) is 57.8. The molecule has 8 rings (SSSR count). The first-order valence-corrected chi connectivity index (χ1v) is 15.9. The second kappa shape index (κ2) is 11.3. The summed E-state index contributed by atoms with van der Waals surface area (Å²) in [4.78, 5) is 2.43. The van der Waals surface area contributed by atoms with Crippen LogP contribution in [0.1, 0.15) is 35.6 Å². The number of hydrogen-bond acceptors (Lipinski definition) is 1. The number of nitrogens with zero attached hydrogens (tertiary/aromatic N) is 1. The molecule has 2 aliphatic carbocycles. The molecule has 0 radical (unpaired) electrons. The summed E-state index contributed by atoms with van der Waals surface area (Å²) in [6.07, 6.45) is 7.77. The minimum Gasteiger partial charge on any atom is -0.314 e. The summed E-state index contributed by atoms with van der Waals surface area (Å²) in [5.41, 5.74) is 13.6. The Morgan fingerprint density at radius 1 is 0.511 bits per heavy atom. The molecule has 0 aromatic heterocycles. The first-order chi connectivity index (χ1) is 22.2. The van der Waals surface area contributed by atoms with E-state index >= 15 is 0 Å². The molecule has 6 aromatic rings. The predicted octanol–water partition coefficient (Wildman–Crippen LogP) is 11.3. The molecule has 0 heterocycles. The predicted molar refractivity (Wildman–Crippen MR) is 189 cm³/mol. The second-order valence-corrected chi connectivity index (χ2v) is 12.2. The Morgan fingerprint density at radius 2 is 1.00 bits per heavy atom. The van der Waals surface area contributed by atoms with Gasteiger partial charge in [-0.1, -0.05) is 153 Å². The SMILES string of the molecule is CC1C=CC=C(N(c2ccc(-c3ccccc3)cc2)c2ccc(C3(c4ccccc4)c4ccccc4-c4ccccc43)cc2)C1.